The van der Waals surface area contributed by atoms with E-state index >= 15 is 0 Å². The summed E-state index contributed by atoms with van der Waals surface area (Å²) >= 11 is 1.60. The molecule has 1 aromatic heterocycles. The van der Waals surface area contributed by atoms with Crippen LogP contribution in [0.2, 0.25) is 0 Å². The quantitative estimate of drug-likeness (QED) is 0.280. The van der Waals surface area contributed by atoms with Gasteiger partial charge in [0.05, 0.1) is 28.2 Å². The lowest BCUT2D eigenvalue weighted by atomic mass is 9.73. The van der Waals surface area contributed by atoms with E-state index in [-0.39, 0.29) is 42.6 Å². The fraction of sp³-hybridized carbons (Fsp3) is 0.676. The van der Waals surface area contributed by atoms with Crippen molar-refractivity contribution in [1.29, 1.82) is 0 Å². The van der Waals surface area contributed by atoms with Gasteiger partial charge in [-0.2, -0.15) is 0 Å². The molecule has 0 radical (unpaired) electrons. The van der Waals surface area contributed by atoms with Crippen molar-refractivity contribution >= 4 is 29.1 Å². The van der Waals surface area contributed by atoms with E-state index in [4.69, 9.17) is 0 Å². The SMILES string of the molecule is Cc1ncsc1-c1ccc([C@H](C)NC(=O)[C@@H]2C[C@@H](O)CN2C(=O)[C@@H](NC(=O)C2CCC(C3CCCCCC3)CC2)C(C)(C)C)cc1. The van der Waals surface area contributed by atoms with E-state index < -0.39 is 23.6 Å². The molecule has 1 aromatic carbocycles. The van der Waals surface area contributed by atoms with Gasteiger partial charge in [0.25, 0.3) is 0 Å². The number of carbonyl (C=O) groups excluding carboxylic acids is 3. The van der Waals surface area contributed by atoms with E-state index in [1.807, 2.05) is 64.4 Å². The zero-order valence-corrected chi connectivity index (χ0v) is 29.2. The number of β-amino-alcohol motifs (C(OH)–C–C–N with tert-alkyl or cyclic N) is 1. The molecule has 3 aliphatic rings. The van der Waals surface area contributed by atoms with Crippen molar-refractivity contribution in [2.45, 2.75) is 129 Å². The molecule has 5 rings (SSSR count). The molecule has 3 amide bonds. The summed E-state index contributed by atoms with van der Waals surface area (Å²) in [7, 11) is 0. The molecule has 1 aliphatic heterocycles. The van der Waals surface area contributed by atoms with Gasteiger partial charge in [-0.25, -0.2) is 4.98 Å². The number of hydrogen-bond acceptors (Lipinski definition) is 6. The predicted molar refractivity (Wildman–Crippen MR) is 183 cm³/mol. The molecule has 0 unspecified atom stereocenters. The normalized spacial score (nSPS) is 25.8. The second-order valence-corrected chi connectivity index (χ2v) is 16.0. The molecule has 4 atom stereocenters. The molecule has 2 aliphatic carbocycles. The Morgan fingerprint density at radius 2 is 1.54 bits per heavy atom. The van der Waals surface area contributed by atoms with Crippen LogP contribution in [0.1, 0.15) is 116 Å². The maximum Gasteiger partial charge on any atom is 0.246 e. The van der Waals surface area contributed by atoms with Crippen molar-refractivity contribution in [2.24, 2.45) is 23.2 Å². The minimum Gasteiger partial charge on any atom is -0.391 e. The summed E-state index contributed by atoms with van der Waals surface area (Å²) in [5, 5.41) is 16.8. The molecular weight excluding hydrogens is 596 g/mol. The van der Waals surface area contributed by atoms with Gasteiger partial charge >= 0.3 is 0 Å². The van der Waals surface area contributed by atoms with Gasteiger partial charge in [0.2, 0.25) is 17.7 Å². The Kier molecular flexibility index (Phi) is 11.2. The largest absolute Gasteiger partial charge is 0.391 e. The van der Waals surface area contributed by atoms with Crippen LogP contribution in [0.5, 0.6) is 0 Å². The molecular formula is C37H54N4O4S. The molecule has 2 heterocycles. The van der Waals surface area contributed by atoms with Crippen molar-refractivity contribution in [3.05, 3.63) is 41.0 Å². The number of aryl methyl sites for hydroxylation is 1. The van der Waals surface area contributed by atoms with E-state index in [0.29, 0.717) is 0 Å². The van der Waals surface area contributed by atoms with Gasteiger partial charge in [0.15, 0.2) is 0 Å². The molecule has 252 valence electrons. The fourth-order valence-corrected chi connectivity index (χ4v) is 8.72. The van der Waals surface area contributed by atoms with Crippen LogP contribution in [0.3, 0.4) is 0 Å². The van der Waals surface area contributed by atoms with Crippen LogP contribution in [0, 0.1) is 30.1 Å². The standard InChI is InChI=1S/C37H54N4O4S/c1-23(25-12-16-28(17-13-25)32-24(2)38-22-46-32)39-35(44)31-20-30(42)21-41(31)36(45)33(37(3,4)5)40-34(43)29-18-14-27(15-19-29)26-10-8-6-7-9-11-26/h12-13,16-17,22-23,26-27,29-31,33,42H,6-11,14-15,18-21H2,1-5H3,(H,39,44)(H,40,43)/t23-,27?,29?,30+,31-,33+/m0/s1. The number of aliphatic hydroxyl groups excluding tert-OH is 1. The van der Waals surface area contributed by atoms with Gasteiger partial charge in [0.1, 0.15) is 12.1 Å². The Hall–Kier alpha value is -2.78. The summed E-state index contributed by atoms with van der Waals surface area (Å²) in [6.07, 6.45) is 11.3. The summed E-state index contributed by atoms with van der Waals surface area (Å²) in [6, 6.07) is 6.19. The summed E-state index contributed by atoms with van der Waals surface area (Å²) < 4.78 is 0. The molecule has 2 saturated carbocycles. The van der Waals surface area contributed by atoms with E-state index in [2.05, 4.69) is 15.6 Å². The number of nitrogens with one attached hydrogen (secondary N) is 2. The molecule has 3 fully saturated rings. The fourth-order valence-electron chi connectivity index (χ4n) is 7.91. The Balaban J connectivity index is 1.20. The Bertz CT molecular complexity index is 1340. The van der Waals surface area contributed by atoms with Gasteiger partial charge in [-0.1, -0.05) is 83.6 Å². The van der Waals surface area contributed by atoms with E-state index in [0.717, 1.165) is 59.2 Å². The molecule has 9 heteroatoms. The lowest BCUT2D eigenvalue weighted by molar-refractivity contribution is -0.145. The average Bonchev–Trinajstić information content (AvgIpc) is 3.53. The second-order valence-electron chi connectivity index (χ2n) is 15.2. The van der Waals surface area contributed by atoms with Crippen LogP contribution in [-0.4, -0.2) is 57.4 Å². The topological polar surface area (TPSA) is 112 Å². The maximum atomic E-state index is 14.1. The lowest BCUT2D eigenvalue weighted by Gasteiger charge is -2.37. The smallest absolute Gasteiger partial charge is 0.246 e. The molecule has 1 saturated heterocycles. The van der Waals surface area contributed by atoms with Crippen LogP contribution in [0.25, 0.3) is 10.4 Å². The zero-order valence-electron chi connectivity index (χ0n) is 28.4. The Morgan fingerprint density at radius 1 is 0.913 bits per heavy atom. The Labute approximate surface area is 279 Å². The number of thiazole rings is 1. The van der Waals surface area contributed by atoms with E-state index in [9.17, 15) is 19.5 Å². The average molecular weight is 651 g/mol. The highest BCUT2D eigenvalue weighted by atomic mass is 32.1. The molecule has 2 aromatic rings. The number of aliphatic hydroxyl groups is 1. The van der Waals surface area contributed by atoms with Crippen molar-refractivity contribution in [3.8, 4) is 10.4 Å². The summed E-state index contributed by atoms with van der Waals surface area (Å²) in [6.45, 7) is 9.82. The molecule has 8 nitrogen and oxygen atoms in total. The minimum absolute atomic E-state index is 0.0565. The van der Waals surface area contributed by atoms with Gasteiger partial charge < -0.3 is 20.6 Å². The first-order valence-electron chi connectivity index (χ1n) is 17.5. The Morgan fingerprint density at radius 3 is 2.13 bits per heavy atom. The van der Waals surface area contributed by atoms with Gasteiger partial charge in [-0.3, -0.25) is 14.4 Å². The van der Waals surface area contributed by atoms with Crippen LogP contribution < -0.4 is 10.6 Å². The van der Waals surface area contributed by atoms with Gasteiger partial charge in [-0.15, -0.1) is 11.3 Å². The van der Waals surface area contributed by atoms with E-state index in [1.165, 1.54) is 43.4 Å². The highest BCUT2D eigenvalue weighted by molar-refractivity contribution is 7.13. The third-order valence-corrected chi connectivity index (χ3v) is 11.7. The highest BCUT2D eigenvalue weighted by Crippen LogP contribution is 2.40. The summed E-state index contributed by atoms with van der Waals surface area (Å²) in [4.78, 5) is 48.3. The van der Waals surface area contributed by atoms with Gasteiger partial charge in [-0.05, 0) is 67.9 Å². The number of aromatic nitrogens is 1. The van der Waals surface area contributed by atoms with Crippen molar-refractivity contribution < 1.29 is 19.5 Å². The first kappa shape index (κ1) is 34.6. The number of carbonyl (C=O) groups is 3. The molecule has 3 N–H and O–H groups in total. The van der Waals surface area contributed by atoms with E-state index in [1.54, 1.807) is 11.3 Å². The number of rotatable bonds is 8. The number of hydrogen-bond donors (Lipinski definition) is 3. The van der Waals surface area contributed by atoms with Crippen LogP contribution in [0.4, 0.5) is 0 Å². The monoisotopic (exact) mass is 650 g/mol. The first-order valence-corrected chi connectivity index (χ1v) is 18.4. The third kappa shape index (κ3) is 8.19. The lowest BCUT2D eigenvalue weighted by Crippen LogP contribution is -2.58. The minimum atomic E-state index is -0.805. The molecule has 0 spiro atoms. The maximum absolute atomic E-state index is 14.1. The number of likely N-dealkylation sites (tertiary alicyclic amines) is 1. The predicted octanol–water partition coefficient (Wildman–Crippen LogP) is 6.57. The number of benzene rings is 1. The number of nitrogens with zero attached hydrogens (tertiary/aromatic N) is 2. The summed E-state index contributed by atoms with van der Waals surface area (Å²) in [5.41, 5.74) is 4.30. The second kappa shape index (κ2) is 15.0. The van der Waals surface area contributed by atoms with Crippen LogP contribution in [-0.2, 0) is 14.4 Å². The molecule has 0 bridgehead atoms. The van der Waals surface area contributed by atoms with Crippen molar-refractivity contribution in [2.75, 3.05) is 6.54 Å². The molecule has 46 heavy (non-hydrogen) atoms. The summed E-state index contributed by atoms with van der Waals surface area (Å²) in [5.74, 6) is 0.775. The van der Waals surface area contributed by atoms with Crippen LogP contribution >= 0.6 is 11.3 Å². The highest BCUT2D eigenvalue weighted by Gasteiger charge is 2.45. The number of amides is 3. The third-order valence-electron chi connectivity index (χ3n) is 10.8. The van der Waals surface area contributed by atoms with Crippen LogP contribution in [0.15, 0.2) is 29.8 Å². The van der Waals surface area contributed by atoms with Crippen molar-refractivity contribution in [3.63, 3.8) is 0 Å². The first-order chi connectivity index (χ1) is 21.9. The van der Waals surface area contributed by atoms with Crippen molar-refractivity contribution in [1.82, 2.24) is 20.5 Å². The zero-order chi connectivity index (χ0) is 33.0. The van der Waals surface area contributed by atoms with Gasteiger partial charge in [0, 0.05) is 18.9 Å².